The number of carbonyl (C=O) groups excluding carboxylic acids is 2. The number of amides is 1. The van der Waals surface area contributed by atoms with Crippen LogP contribution in [0.2, 0.25) is 0 Å². The standard InChI is InChI=1S/C27H29F5N6O4/c1-13-4-5-14(26(2,41)24(28)29)8-15(13)19-10-34-22-21(33)35-18(11-38(19)22)16-9-17(16)23(39)37-7-6-36(3)12-20(37)42-25(40)27(30,31)32/h4-5,8,10-11,16-17,20,24,41H,6-7,9,12H2,1-3H3,(H2,33,35). The number of fused-ring (bicyclic) bond motifs is 1. The SMILES string of the molecule is Cc1ccc(C(C)(O)C(F)F)cc1-c1cnc2c(N)nc(C3CC3C(=O)N3CCN(C)CC3OC(=O)C(F)(F)F)cn12. The van der Waals surface area contributed by atoms with Crippen LogP contribution in [0.1, 0.15) is 36.1 Å². The third-order valence-electron chi connectivity index (χ3n) is 7.84. The molecular weight excluding hydrogens is 567 g/mol. The van der Waals surface area contributed by atoms with Gasteiger partial charge in [-0.25, -0.2) is 23.5 Å². The molecule has 2 fully saturated rings. The lowest BCUT2D eigenvalue weighted by atomic mass is 9.92. The van der Waals surface area contributed by atoms with Gasteiger partial charge in [0.2, 0.25) is 5.91 Å². The molecule has 0 bridgehead atoms. The predicted molar refractivity (Wildman–Crippen MR) is 139 cm³/mol. The Balaban J connectivity index is 1.43. The van der Waals surface area contributed by atoms with E-state index < -0.39 is 48.1 Å². The molecule has 0 radical (unpaired) electrons. The van der Waals surface area contributed by atoms with E-state index in [0.29, 0.717) is 35.6 Å². The summed E-state index contributed by atoms with van der Waals surface area (Å²) in [5.41, 5.74) is 6.28. The molecular formula is C27H29F5N6O4. The fraction of sp³-hybridized carbons (Fsp3) is 0.481. The molecule has 2 aliphatic rings. The number of aromatic nitrogens is 3. The van der Waals surface area contributed by atoms with Crippen molar-refractivity contribution in [1.29, 1.82) is 0 Å². The number of benzene rings is 1. The Bertz CT molecular complexity index is 1540. The van der Waals surface area contributed by atoms with E-state index in [1.54, 1.807) is 35.5 Å². The lowest BCUT2D eigenvalue weighted by Crippen LogP contribution is -2.57. The van der Waals surface area contributed by atoms with Crippen LogP contribution in [0.3, 0.4) is 0 Å². The molecule has 10 nitrogen and oxygen atoms in total. The molecule has 4 atom stereocenters. The number of esters is 1. The largest absolute Gasteiger partial charge is 0.491 e. The van der Waals surface area contributed by atoms with Crippen molar-refractivity contribution in [2.45, 2.75) is 50.6 Å². The number of nitrogens with zero attached hydrogens (tertiary/aromatic N) is 5. The van der Waals surface area contributed by atoms with Crippen molar-refractivity contribution in [3.05, 3.63) is 47.4 Å². The minimum absolute atomic E-state index is 0.0103. The minimum Gasteiger partial charge on any atom is -0.433 e. The number of alkyl halides is 5. The van der Waals surface area contributed by atoms with Gasteiger partial charge in [-0.1, -0.05) is 12.1 Å². The summed E-state index contributed by atoms with van der Waals surface area (Å²) in [7, 11) is 1.65. The molecule has 1 saturated heterocycles. The van der Waals surface area contributed by atoms with Crippen LogP contribution in [0.5, 0.6) is 0 Å². The second kappa shape index (κ2) is 10.5. The van der Waals surface area contributed by atoms with Crippen LogP contribution in [-0.4, -0.2) is 86.7 Å². The molecule has 1 saturated carbocycles. The monoisotopic (exact) mass is 596 g/mol. The average Bonchev–Trinajstić information content (AvgIpc) is 3.60. The number of nitrogens with two attached hydrogens (primary N) is 1. The molecule has 5 rings (SSSR count). The van der Waals surface area contributed by atoms with Crippen LogP contribution >= 0.6 is 0 Å². The predicted octanol–water partition coefficient (Wildman–Crippen LogP) is 3.07. The molecule has 226 valence electrons. The molecule has 3 aromatic rings. The van der Waals surface area contributed by atoms with Gasteiger partial charge in [0, 0.05) is 36.7 Å². The number of halogens is 5. The molecule has 3 N–H and O–H groups in total. The molecule has 1 aromatic carbocycles. The summed E-state index contributed by atoms with van der Waals surface area (Å²) in [4.78, 5) is 36.4. The van der Waals surface area contributed by atoms with Gasteiger partial charge in [-0.15, -0.1) is 0 Å². The molecule has 1 aliphatic heterocycles. The number of imidazole rings is 1. The number of aliphatic hydroxyl groups is 1. The summed E-state index contributed by atoms with van der Waals surface area (Å²) in [6.45, 7) is 3.19. The Morgan fingerprint density at radius 1 is 1.21 bits per heavy atom. The number of anilines is 1. The van der Waals surface area contributed by atoms with Gasteiger partial charge in [-0.05, 0) is 44.5 Å². The molecule has 2 aromatic heterocycles. The smallest absolute Gasteiger partial charge is 0.433 e. The summed E-state index contributed by atoms with van der Waals surface area (Å²) in [5.74, 6) is -3.80. The van der Waals surface area contributed by atoms with Gasteiger partial charge >= 0.3 is 12.1 Å². The van der Waals surface area contributed by atoms with E-state index in [9.17, 15) is 36.6 Å². The van der Waals surface area contributed by atoms with Gasteiger partial charge in [0.25, 0.3) is 6.43 Å². The number of ether oxygens (including phenoxy) is 1. The number of carbonyl (C=O) groups is 2. The first kappa shape index (κ1) is 29.6. The van der Waals surface area contributed by atoms with E-state index in [0.717, 1.165) is 17.4 Å². The fourth-order valence-electron chi connectivity index (χ4n) is 5.18. The maximum Gasteiger partial charge on any atom is 0.491 e. The summed E-state index contributed by atoms with van der Waals surface area (Å²) < 4.78 is 71.9. The molecule has 1 amide bonds. The Morgan fingerprint density at radius 2 is 1.93 bits per heavy atom. The average molecular weight is 597 g/mol. The number of rotatable bonds is 6. The quantitative estimate of drug-likeness (QED) is 0.329. The summed E-state index contributed by atoms with van der Waals surface area (Å²) in [6, 6.07) is 4.49. The lowest BCUT2D eigenvalue weighted by molar-refractivity contribution is -0.216. The lowest BCUT2D eigenvalue weighted by Gasteiger charge is -2.39. The molecule has 15 heteroatoms. The van der Waals surface area contributed by atoms with Crippen LogP contribution in [0.15, 0.2) is 30.6 Å². The van der Waals surface area contributed by atoms with Crippen molar-refractivity contribution in [3.8, 4) is 11.3 Å². The van der Waals surface area contributed by atoms with Gasteiger partial charge < -0.3 is 20.5 Å². The molecule has 3 heterocycles. The number of nitrogen functional groups attached to an aromatic ring is 1. The first-order valence-electron chi connectivity index (χ1n) is 13.1. The highest BCUT2D eigenvalue weighted by Gasteiger charge is 2.51. The highest BCUT2D eigenvalue weighted by Crippen LogP contribution is 2.49. The van der Waals surface area contributed by atoms with E-state index in [1.165, 1.54) is 18.3 Å². The third kappa shape index (κ3) is 5.38. The van der Waals surface area contributed by atoms with Crippen LogP contribution in [0, 0.1) is 12.8 Å². The summed E-state index contributed by atoms with van der Waals surface area (Å²) >= 11 is 0. The highest BCUT2D eigenvalue weighted by atomic mass is 19.4. The first-order chi connectivity index (χ1) is 19.6. The fourth-order valence-corrected chi connectivity index (χ4v) is 5.18. The normalized spacial score (nSPS) is 22.8. The van der Waals surface area contributed by atoms with Crippen LogP contribution < -0.4 is 5.73 Å². The Labute approximate surface area is 236 Å². The number of hydrogen-bond acceptors (Lipinski definition) is 8. The van der Waals surface area contributed by atoms with Crippen LogP contribution in [-0.2, 0) is 19.9 Å². The number of piperazine rings is 1. The van der Waals surface area contributed by atoms with Crippen molar-refractivity contribution in [2.24, 2.45) is 5.92 Å². The van der Waals surface area contributed by atoms with Gasteiger partial charge in [0.1, 0.15) is 5.60 Å². The molecule has 42 heavy (non-hydrogen) atoms. The van der Waals surface area contributed by atoms with E-state index in [-0.39, 0.29) is 24.5 Å². The van der Waals surface area contributed by atoms with Crippen LogP contribution in [0.25, 0.3) is 16.9 Å². The number of likely N-dealkylation sites (N-methyl/N-ethyl adjacent to an activating group) is 1. The maximum atomic E-state index is 13.5. The molecule has 4 unspecified atom stereocenters. The second-order valence-corrected chi connectivity index (χ2v) is 11.0. The maximum absolute atomic E-state index is 13.5. The first-order valence-corrected chi connectivity index (χ1v) is 13.1. The zero-order chi connectivity index (χ0) is 30.7. The van der Waals surface area contributed by atoms with Crippen molar-refractivity contribution in [3.63, 3.8) is 0 Å². The second-order valence-electron chi connectivity index (χ2n) is 11.0. The van der Waals surface area contributed by atoms with E-state index >= 15 is 0 Å². The Hall–Kier alpha value is -3.85. The van der Waals surface area contributed by atoms with Gasteiger partial charge in [0.15, 0.2) is 17.7 Å². The molecule has 1 aliphatic carbocycles. The van der Waals surface area contributed by atoms with E-state index in [2.05, 4.69) is 14.7 Å². The van der Waals surface area contributed by atoms with E-state index in [1.807, 2.05) is 0 Å². The van der Waals surface area contributed by atoms with Gasteiger partial charge in [-0.3, -0.25) is 14.1 Å². The van der Waals surface area contributed by atoms with Crippen molar-refractivity contribution < 1.29 is 41.4 Å². The van der Waals surface area contributed by atoms with Crippen molar-refractivity contribution in [1.82, 2.24) is 24.2 Å². The van der Waals surface area contributed by atoms with Gasteiger partial charge in [0.05, 0.1) is 24.1 Å². The topological polar surface area (TPSA) is 126 Å². The zero-order valence-electron chi connectivity index (χ0n) is 22.9. The number of aryl methyl sites for hydroxylation is 1. The van der Waals surface area contributed by atoms with Crippen LogP contribution in [0.4, 0.5) is 27.8 Å². The van der Waals surface area contributed by atoms with Gasteiger partial charge in [-0.2, -0.15) is 13.2 Å². The minimum atomic E-state index is -5.20. The molecule has 0 spiro atoms. The summed E-state index contributed by atoms with van der Waals surface area (Å²) in [5, 5.41) is 10.3. The Morgan fingerprint density at radius 3 is 2.60 bits per heavy atom. The van der Waals surface area contributed by atoms with Crippen molar-refractivity contribution in [2.75, 3.05) is 32.4 Å². The Kier molecular flexibility index (Phi) is 7.38. The van der Waals surface area contributed by atoms with E-state index in [4.69, 9.17) is 5.73 Å². The third-order valence-corrected chi connectivity index (χ3v) is 7.84. The highest BCUT2D eigenvalue weighted by molar-refractivity contribution is 5.84. The summed E-state index contributed by atoms with van der Waals surface area (Å²) in [6.07, 6.45) is -6.14. The number of hydrogen-bond donors (Lipinski definition) is 2. The zero-order valence-corrected chi connectivity index (χ0v) is 22.9. The van der Waals surface area contributed by atoms with Crippen molar-refractivity contribution >= 4 is 23.3 Å².